The standard InChI is InChI=1S/C13H18N2O4S/c1-8(3-6-12(17)18)7-14-13(19)10-4-5-11(20-10)15-9(2)16/h4-5,8H,3,6-7H2,1-2H3,(H,14,19)(H,15,16)(H,17,18). The molecule has 110 valence electrons. The quantitative estimate of drug-likeness (QED) is 0.717. The summed E-state index contributed by atoms with van der Waals surface area (Å²) in [5, 5.41) is 14.6. The van der Waals surface area contributed by atoms with Gasteiger partial charge in [-0.3, -0.25) is 14.4 Å². The summed E-state index contributed by atoms with van der Waals surface area (Å²) in [6.07, 6.45) is 0.625. The Morgan fingerprint density at radius 1 is 1.35 bits per heavy atom. The third kappa shape index (κ3) is 5.83. The van der Waals surface area contributed by atoms with E-state index in [-0.39, 0.29) is 24.2 Å². The molecule has 1 unspecified atom stereocenters. The summed E-state index contributed by atoms with van der Waals surface area (Å²) >= 11 is 1.20. The van der Waals surface area contributed by atoms with E-state index in [4.69, 9.17) is 5.11 Å². The number of carboxylic acids is 1. The molecule has 0 saturated carbocycles. The molecule has 7 heteroatoms. The molecule has 0 radical (unpaired) electrons. The lowest BCUT2D eigenvalue weighted by Gasteiger charge is -2.10. The number of hydrogen-bond donors (Lipinski definition) is 3. The van der Waals surface area contributed by atoms with Gasteiger partial charge in [-0.2, -0.15) is 0 Å². The highest BCUT2D eigenvalue weighted by atomic mass is 32.1. The minimum atomic E-state index is -0.832. The van der Waals surface area contributed by atoms with Crippen molar-refractivity contribution >= 4 is 34.1 Å². The van der Waals surface area contributed by atoms with Gasteiger partial charge in [0.1, 0.15) is 0 Å². The van der Waals surface area contributed by atoms with Crippen LogP contribution in [0.15, 0.2) is 12.1 Å². The van der Waals surface area contributed by atoms with Crippen LogP contribution >= 0.6 is 11.3 Å². The maximum Gasteiger partial charge on any atom is 0.303 e. The molecule has 0 aliphatic rings. The second kappa shape index (κ2) is 7.64. The van der Waals surface area contributed by atoms with Crippen molar-refractivity contribution in [2.24, 2.45) is 5.92 Å². The fourth-order valence-corrected chi connectivity index (χ4v) is 2.40. The Kier molecular flexibility index (Phi) is 6.17. The number of hydrogen-bond acceptors (Lipinski definition) is 4. The van der Waals surface area contributed by atoms with Crippen LogP contribution in [-0.2, 0) is 9.59 Å². The van der Waals surface area contributed by atoms with E-state index in [0.717, 1.165) is 0 Å². The van der Waals surface area contributed by atoms with Gasteiger partial charge in [0.25, 0.3) is 5.91 Å². The van der Waals surface area contributed by atoms with E-state index in [1.807, 2.05) is 6.92 Å². The van der Waals surface area contributed by atoms with Crippen molar-refractivity contribution in [1.29, 1.82) is 0 Å². The third-order valence-electron chi connectivity index (χ3n) is 2.59. The molecular formula is C13H18N2O4S. The molecule has 1 heterocycles. The van der Waals surface area contributed by atoms with Crippen LogP contribution in [0.4, 0.5) is 5.00 Å². The van der Waals surface area contributed by atoms with Crippen LogP contribution in [0.5, 0.6) is 0 Å². The number of anilines is 1. The lowest BCUT2D eigenvalue weighted by Crippen LogP contribution is -2.27. The van der Waals surface area contributed by atoms with Crippen molar-refractivity contribution in [3.05, 3.63) is 17.0 Å². The lowest BCUT2D eigenvalue weighted by molar-refractivity contribution is -0.137. The van der Waals surface area contributed by atoms with Gasteiger partial charge in [-0.15, -0.1) is 11.3 Å². The molecule has 1 rings (SSSR count). The van der Waals surface area contributed by atoms with Crippen molar-refractivity contribution in [2.45, 2.75) is 26.7 Å². The van der Waals surface area contributed by atoms with E-state index in [1.54, 1.807) is 12.1 Å². The largest absolute Gasteiger partial charge is 0.481 e. The minimum absolute atomic E-state index is 0.0999. The van der Waals surface area contributed by atoms with Crippen molar-refractivity contribution < 1.29 is 19.5 Å². The summed E-state index contributed by atoms with van der Waals surface area (Å²) in [5.41, 5.74) is 0. The van der Waals surface area contributed by atoms with Gasteiger partial charge in [0.05, 0.1) is 9.88 Å². The molecule has 0 aliphatic heterocycles. The number of nitrogens with one attached hydrogen (secondary N) is 2. The lowest BCUT2D eigenvalue weighted by atomic mass is 10.1. The van der Waals surface area contributed by atoms with Crippen LogP contribution in [0.3, 0.4) is 0 Å². The summed E-state index contributed by atoms with van der Waals surface area (Å²) in [6.45, 7) is 3.73. The van der Waals surface area contributed by atoms with E-state index < -0.39 is 5.97 Å². The average molecular weight is 298 g/mol. The zero-order chi connectivity index (χ0) is 15.1. The van der Waals surface area contributed by atoms with Crippen LogP contribution in [0.1, 0.15) is 36.4 Å². The highest BCUT2D eigenvalue weighted by molar-refractivity contribution is 7.18. The molecule has 1 aromatic heterocycles. The molecule has 3 N–H and O–H groups in total. The Morgan fingerprint density at radius 3 is 2.65 bits per heavy atom. The Bertz CT molecular complexity index is 498. The van der Waals surface area contributed by atoms with Crippen molar-refractivity contribution in [1.82, 2.24) is 5.32 Å². The SMILES string of the molecule is CC(=O)Nc1ccc(C(=O)NCC(C)CCC(=O)O)s1. The van der Waals surface area contributed by atoms with E-state index in [1.165, 1.54) is 18.3 Å². The first-order valence-corrected chi connectivity index (χ1v) is 7.07. The first kappa shape index (κ1) is 16.2. The van der Waals surface area contributed by atoms with Crippen LogP contribution < -0.4 is 10.6 Å². The van der Waals surface area contributed by atoms with E-state index >= 15 is 0 Å². The van der Waals surface area contributed by atoms with Crippen molar-refractivity contribution in [2.75, 3.05) is 11.9 Å². The first-order chi connectivity index (χ1) is 9.38. The summed E-state index contributed by atoms with van der Waals surface area (Å²) in [4.78, 5) is 33.7. The van der Waals surface area contributed by atoms with Gasteiger partial charge in [0.2, 0.25) is 5.91 Å². The van der Waals surface area contributed by atoms with Gasteiger partial charge in [-0.1, -0.05) is 6.92 Å². The second-order valence-electron chi connectivity index (χ2n) is 4.59. The number of thiophene rings is 1. The van der Waals surface area contributed by atoms with Crippen LogP contribution in [0.2, 0.25) is 0 Å². The summed E-state index contributed by atoms with van der Waals surface area (Å²) in [5.74, 6) is -1.12. The highest BCUT2D eigenvalue weighted by Crippen LogP contribution is 2.21. The van der Waals surface area contributed by atoms with Crippen LogP contribution in [0.25, 0.3) is 0 Å². The van der Waals surface area contributed by atoms with E-state index in [0.29, 0.717) is 22.8 Å². The molecule has 0 aromatic carbocycles. The zero-order valence-electron chi connectivity index (χ0n) is 11.4. The summed E-state index contributed by atoms with van der Waals surface area (Å²) in [7, 11) is 0. The van der Waals surface area contributed by atoms with Gasteiger partial charge >= 0.3 is 5.97 Å². The van der Waals surface area contributed by atoms with Crippen LogP contribution in [0, 0.1) is 5.92 Å². The van der Waals surface area contributed by atoms with Gasteiger partial charge in [0, 0.05) is 19.9 Å². The number of carboxylic acid groups (broad SMARTS) is 1. The van der Waals surface area contributed by atoms with Gasteiger partial charge in [-0.25, -0.2) is 0 Å². The molecule has 1 atom stereocenters. The van der Waals surface area contributed by atoms with E-state index in [9.17, 15) is 14.4 Å². The smallest absolute Gasteiger partial charge is 0.303 e. The molecule has 0 fully saturated rings. The van der Waals surface area contributed by atoms with Crippen molar-refractivity contribution in [3.8, 4) is 0 Å². The Morgan fingerprint density at radius 2 is 2.05 bits per heavy atom. The zero-order valence-corrected chi connectivity index (χ0v) is 12.3. The Balaban J connectivity index is 2.40. The predicted octanol–water partition coefficient (Wildman–Crippen LogP) is 1.94. The number of aliphatic carboxylic acids is 1. The summed E-state index contributed by atoms with van der Waals surface area (Å²) < 4.78 is 0. The maximum atomic E-state index is 11.9. The molecule has 1 aromatic rings. The normalized spacial score (nSPS) is 11.7. The van der Waals surface area contributed by atoms with Gasteiger partial charge in [0.15, 0.2) is 0 Å². The molecule has 0 saturated heterocycles. The molecule has 0 aliphatic carbocycles. The van der Waals surface area contributed by atoms with Crippen molar-refractivity contribution in [3.63, 3.8) is 0 Å². The molecule has 0 bridgehead atoms. The molecule has 6 nitrogen and oxygen atoms in total. The molecular weight excluding hydrogens is 280 g/mol. The molecule has 0 spiro atoms. The maximum absolute atomic E-state index is 11.9. The van der Waals surface area contributed by atoms with Crippen LogP contribution in [-0.4, -0.2) is 29.4 Å². The number of amides is 2. The average Bonchev–Trinajstić information content (AvgIpc) is 2.81. The molecule has 20 heavy (non-hydrogen) atoms. The summed E-state index contributed by atoms with van der Waals surface area (Å²) in [6, 6.07) is 3.32. The number of carbonyl (C=O) groups is 3. The van der Waals surface area contributed by atoms with Gasteiger partial charge < -0.3 is 15.7 Å². The Labute approximate surface area is 121 Å². The minimum Gasteiger partial charge on any atom is -0.481 e. The second-order valence-corrected chi connectivity index (χ2v) is 5.68. The fraction of sp³-hybridized carbons (Fsp3) is 0.462. The van der Waals surface area contributed by atoms with E-state index in [2.05, 4.69) is 10.6 Å². The third-order valence-corrected chi connectivity index (χ3v) is 3.59. The number of rotatable bonds is 7. The van der Waals surface area contributed by atoms with Gasteiger partial charge in [-0.05, 0) is 24.5 Å². The fourth-order valence-electron chi connectivity index (χ4n) is 1.53. The topological polar surface area (TPSA) is 95.5 Å². The first-order valence-electron chi connectivity index (χ1n) is 6.26. The molecule has 2 amide bonds. The predicted molar refractivity (Wildman–Crippen MR) is 77.0 cm³/mol. The highest BCUT2D eigenvalue weighted by Gasteiger charge is 2.12. The monoisotopic (exact) mass is 298 g/mol. The number of carbonyl (C=O) groups excluding carboxylic acids is 2. The Hall–Kier alpha value is -1.89.